The van der Waals surface area contributed by atoms with Gasteiger partial charge in [-0.25, -0.2) is 0 Å². The van der Waals surface area contributed by atoms with Crippen LogP contribution in [-0.4, -0.2) is 28.5 Å². The third-order valence-electron chi connectivity index (χ3n) is 3.24. The fourth-order valence-corrected chi connectivity index (χ4v) is 2.24. The largest absolute Gasteiger partial charge is 0.433 e. The van der Waals surface area contributed by atoms with Crippen LogP contribution in [0.2, 0.25) is 0 Å². The first-order valence-corrected chi connectivity index (χ1v) is 5.79. The first-order valence-electron chi connectivity index (χ1n) is 5.79. The molecule has 6 heteroatoms. The lowest BCUT2D eigenvalue weighted by molar-refractivity contribution is -0.402. The molecular weight excluding hydrogens is 222 g/mol. The molecule has 2 rings (SSSR count). The first-order chi connectivity index (χ1) is 8.06. The molecule has 0 bridgehead atoms. The van der Waals surface area contributed by atoms with Crippen molar-refractivity contribution in [1.29, 1.82) is 0 Å². The summed E-state index contributed by atoms with van der Waals surface area (Å²) in [6.45, 7) is 3.65. The van der Waals surface area contributed by atoms with Crippen LogP contribution in [0.25, 0.3) is 0 Å². The number of nitrogens with two attached hydrogens (primary N) is 1. The average Bonchev–Trinajstić information content (AvgIpc) is 2.71. The van der Waals surface area contributed by atoms with Gasteiger partial charge in [-0.15, -0.1) is 0 Å². The third kappa shape index (κ3) is 2.83. The van der Waals surface area contributed by atoms with Crippen LogP contribution in [0.15, 0.2) is 16.5 Å². The van der Waals surface area contributed by atoms with Crippen molar-refractivity contribution >= 4 is 5.88 Å². The highest BCUT2D eigenvalue weighted by Gasteiger charge is 2.24. The zero-order chi connectivity index (χ0) is 12.4. The van der Waals surface area contributed by atoms with Gasteiger partial charge in [0.2, 0.25) is 0 Å². The van der Waals surface area contributed by atoms with Crippen molar-refractivity contribution in [3.05, 3.63) is 28.0 Å². The molecule has 2 N–H and O–H groups in total. The number of hydrogen-bond acceptors (Lipinski definition) is 5. The molecular formula is C11H17N3O3. The topological polar surface area (TPSA) is 85.5 Å². The summed E-state index contributed by atoms with van der Waals surface area (Å²) in [7, 11) is 0. The molecule has 0 amide bonds. The van der Waals surface area contributed by atoms with Gasteiger partial charge in [-0.2, -0.15) is 0 Å². The van der Waals surface area contributed by atoms with Crippen molar-refractivity contribution in [2.45, 2.75) is 38.4 Å². The van der Waals surface area contributed by atoms with Gasteiger partial charge >= 0.3 is 5.88 Å². The summed E-state index contributed by atoms with van der Waals surface area (Å²) in [6, 6.07) is 3.73. The maximum absolute atomic E-state index is 10.5. The van der Waals surface area contributed by atoms with Gasteiger partial charge in [0.05, 0.1) is 12.6 Å². The van der Waals surface area contributed by atoms with E-state index in [9.17, 15) is 10.1 Å². The van der Waals surface area contributed by atoms with Gasteiger partial charge in [0.1, 0.15) is 10.7 Å². The first kappa shape index (κ1) is 12.1. The van der Waals surface area contributed by atoms with Crippen molar-refractivity contribution in [2.24, 2.45) is 5.73 Å². The van der Waals surface area contributed by atoms with Gasteiger partial charge in [-0.3, -0.25) is 15.0 Å². The number of furan rings is 1. The zero-order valence-corrected chi connectivity index (χ0v) is 9.83. The van der Waals surface area contributed by atoms with Gasteiger partial charge in [0, 0.05) is 18.6 Å². The molecule has 2 heterocycles. The molecule has 0 spiro atoms. The van der Waals surface area contributed by atoms with Gasteiger partial charge in [-0.1, -0.05) is 0 Å². The lowest BCUT2D eigenvalue weighted by Crippen LogP contribution is -2.44. The summed E-state index contributed by atoms with van der Waals surface area (Å²) in [4.78, 5) is 12.2. The summed E-state index contributed by atoms with van der Waals surface area (Å²) in [6.07, 6.45) is 1.93. The Bertz CT molecular complexity index is 404. The Morgan fingerprint density at radius 3 is 3.00 bits per heavy atom. The molecule has 2 unspecified atom stereocenters. The molecule has 1 aromatic rings. The summed E-state index contributed by atoms with van der Waals surface area (Å²) in [5, 5.41) is 10.5. The van der Waals surface area contributed by atoms with Crippen molar-refractivity contribution in [3.63, 3.8) is 0 Å². The van der Waals surface area contributed by atoms with Crippen molar-refractivity contribution in [2.75, 3.05) is 6.54 Å². The van der Waals surface area contributed by atoms with E-state index in [0.717, 1.165) is 19.4 Å². The minimum absolute atomic E-state index is 0.193. The van der Waals surface area contributed by atoms with E-state index in [1.807, 2.05) is 0 Å². The number of piperidine rings is 1. The molecule has 1 aliphatic heterocycles. The Morgan fingerprint density at radius 2 is 2.41 bits per heavy atom. The van der Waals surface area contributed by atoms with E-state index in [1.54, 1.807) is 6.07 Å². The monoisotopic (exact) mass is 239 g/mol. The molecule has 6 nitrogen and oxygen atoms in total. The van der Waals surface area contributed by atoms with Crippen LogP contribution in [0.4, 0.5) is 5.88 Å². The normalized spacial score (nSPS) is 26.0. The van der Waals surface area contributed by atoms with E-state index in [2.05, 4.69) is 11.8 Å². The van der Waals surface area contributed by atoms with Crippen LogP contribution >= 0.6 is 0 Å². The molecule has 0 aromatic carbocycles. The number of likely N-dealkylation sites (tertiary alicyclic amines) is 1. The van der Waals surface area contributed by atoms with Gasteiger partial charge in [0.25, 0.3) is 0 Å². The minimum atomic E-state index is -0.515. The summed E-state index contributed by atoms with van der Waals surface area (Å²) in [5.74, 6) is 0.445. The lowest BCUT2D eigenvalue weighted by atomic mass is 9.99. The summed E-state index contributed by atoms with van der Waals surface area (Å²) in [5.41, 5.74) is 5.89. The van der Waals surface area contributed by atoms with Crippen molar-refractivity contribution in [3.8, 4) is 0 Å². The highest BCUT2D eigenvalue weighted by atomic mass is 16.6. The fourth-order valence-electron chi connectivity index (χ4n) is 2.24. The molecule has 1 aromatic heterocycles. The predicted octanol–water partition coefficient (Wildman–Crippen LogP) is 1.50. The number of nitro groups is 1. The molecule has 17 heavy (non-hydrogen) atoms. The van der Waals surface area contributed by atoms with Crippen LogP contribution in [0.5, 0.6) is 0 Å². The van der Waals surface area contributed by atoms with Gasteiger partial charge in [-0.05, 0) is 25.8 Å². The molecule has 0 saturated carbocycles. The van der Waals surface area contributed by atoms with E-state index < -0.39 is 4.92 Å². The standard InChI is InChI=1S/C11H17N3O3/c1-8-6-9(12)4-5-13(8)7-10-2-3-11(17-10)14(15)16/h2-3,8-9H,4-7,12H2,1H3. The van der Waals surface area contributed by atoms with Crippen LogP contribution in [-0.2, 0) is 6.54 Å². The summed E-state index contributed by atoms with van der Waals surface area (Å²) >= 11 is 0. The van der Waals surface area contributed by atoms with Crippen LogP contribution in [0.1, 0.15) is 25.5 Å². The SMILES string of the molecule is CC1CC(N)CCN1Cc1ccc([N+](=O)[O-])o1. The summed E-state index contributed by atoms with van der Waals surface area (Å²) < 4.78 is 5.15. The van der Waals surface area contributed by atoms with Gasteiger partial charge < -0.3 is 10.2 Å². The molecule has 1 aliphatic rings. The lowest BCUT2D eigenvalue weighted by Gasteiger charge is -2.35. The molecule has 2 atom stereocenters. The third-order valence-corrected chi connectivity index (χ3v) is 3.24. The maximum Gasteiger partial charge on any atom is 0.433 e. The maximum atomic E-state index is 10.5. The minimum Gasteiger partial charge on any atom is -0.404 e. The Hall–Kier alpha value is -1.40. The fraction of sp³-hybridized carbons (Fsp3) is 0.636. The van der Waals surface area contributed by atoms with E-state index in [4.69, 9.17) is 10.2 Å². The second-order valence-corrected chi connectivity index (χ2v) is 4.60. The molecule has 1 saturated heterocycles. The van der Waals surface area contributed by atoms with Crippen LogP contribution in [0, 0.1) is 10.1 Å². The van der Waals surface area contributed by atoms with Crippen LogP contribution < -0.4 is 5.73 Å². The Kier molecular flexibility index (Phi) is 3.44. The number of nitrogens with zero attached hydrogens (tertiary/aromatic N) is 2. The van der Waals surface area contributed by atoms with Crippen molar-refractivity contribution < 1.29 is 9.34 Å². The van der Waals surface area contributed by atoms with Gasteiger partial charge in [0.15, 0.2) is 0 Å². The predicted molar refractivity (Wildman–Crippen MR) is 62.4 cm³/mol. The Morgan fingerprint density at radius 1 is 1.65 bits per heavy atom. The number of hydrogen-bond donors (Lipinski definition) is 1. The molecule has 0 radical (unpaired) electrons. The Balaban J connectivity index is 1.98. The second-order valence-electron chi connectivity index (χ2n) is 4.60. The van der Waals surface area contributed by atoms with E-state index >= 15 is 0 Å². The second kappa shape index (κ2) is 4.85. The van der Waals surface area contributed by atoms with Crippen molar-refractivity contribution in [1.82, 2.24) is 4.90 Å². The quantitative estimate of drug-likeness (QED) is 0.638. The van der Waals surface area contributed by atoms with E-state index in [1.165, 1.54) is 6.07 Å². The Labute approximate surface area is 99.5 Å². The number of rotatable bonds is 3. The van der Waals surface area contributed by atoms with E-state index in [-0.39, 0.29) is 11.9 Å². The highest BCUT2D eigenvalue weighted by molar-refractivity contribution is 5.17. The smallest absolute Gasteiger partial charge is 0.404 e. The van der Waals surface area contributed by atoms with Crippen LogP contribution in [0.3, 0.4) is 0 Å². The molecule has 0 aliphatic carbocycles. The average molecular weight is 239 g/mol. The van der Waals surface area contributed by atoms with E-state index in [0.29, 0.717) is 18.3 Å². The zero-order valence-electron chi connectivity index (χ0n) is 9.83. The highest BCUT2D eigenvalue weighted by Crippen LogP contribution is 2.22. The molecule has 94 valence electrons. The molecule has 1 fully saturated rings.